The van der Waals surface area contributed by atoms with Gasteiger partial charge in [-0.2, -0.15) is 22.7 Å². The van der Waals surface area contributed by atoms with Gasteiger partial charge in [0, 0.05) is 6.54 Å². The Bertz CT molecular complexity index is 621. The van der Waals surface area contributed by atoms with Crippen molar-refractivity contribution in [3.63, 3.8) is 0 Å². The highest BCUT2D eigenvalue weighted by molar-refractivity contribution is 5.86. The van der Waals surface area contributed by atoms with Gasteiger partial charge in [-0.25, -0.2) is 9.78 Å². The fourth-order valence-electron chi connectivity index (χ4n) is 1.29. The molecule has 0 fully saturated rings. The standard InChI is InChI=1S/C8H6F3N5O2/c9-8(10,11)6-14-7-13-3(2-12)1-4(5(17)18)16(7)15-6/h1H,2,12H2,(H,17,18). The summed E-state index contributed by atoms with van der Waals surface area (Å²) in [4.78, 5) is 17.7. The van der Waals surface area contributed by atoms with E-state index in [0.29, 0.717) is 4.52 Å². The monoisotopic (exact) mass is 261 g/mol. The minimum absolute atomic E-state index is 0.112. The predicted octanol–water partition coefficient (Wildman–Crippen LogP) is 0.300. The lowest BCUT2D eigenvalue weighted by Gasteiger charge is -2.01. The lowest BCUT2D eigenvalue weighted by Crippen LogP contribution is -2.12. The number of carboxylic acids is 1. The Morgan fingerprint density at radius 3 is 2.61 bits per heavy atom. The number of rotatable bonds is 2. The first-order valence-electron chi connectivity index (χ1n) is 4.60. The molecule has 0 aliphatic carbocycles. The predicted molar refractivity (Wildman–Crippen MR) is 50.6 cm³/mol. The number of hydrogen-bond acceptors (Lipinski definition) is 5. The van der Waals surface area contributed by atoms with Crippen molar-refractivity contribution in [2.24, 2.45) is 5.73 Å². The van der Waals surface area contributed by atoms with Crippen LogP contribution in [0, 0.1) is 0 Å². The molecular formula is C8H6F3N5O2. The van der Waals surface area contributed by atoms with Crippen LogP contribution in [0.2, 0.25) is 0 Å². The van der Waals surface area contributed by atoms with Crippen molar-refractivity contribution in [2.75, 3.05) is 0 Å². The Hall–Kier alpha value is -2.23. The molecule has 10 heteroatoms. The van der Waals surface area contributed by atoms with Crippen LogP contribution in [0.25, 0.3) is 5.78 Å². The number of halogens is 3. The van der Waals surface area contributed by atoms with Gasteiger partial charge in [-0.1, -0.05) is 0 Å². The van der Waals surface area contributed by atoms with Crippen LogP contribution in [0.4, 0.5) is 13.2 Å². The van der Waals surface area contributed by atoms with E-state index in [2.05, 4.69) is 15.1 Å². The maximum absolute atomic E-state index is 12.4. The number of nitrogens with two attached hydrogens (primary N) is 1. The average molecular weight is 261 g/mol. The lowest BCUT2D eigenvalue weighted by molar-refractivity contribution is -0.144. The molecule has 2 heterocycles. The number of fused-ring (bicyclic) bond motifs is 1. The van der Waals surface area contributed by atoms with Gasteiger partial charge in [0.05, 0.1) is 5.69 Å². The van der Waals surface area contributed by atoms with Crippen LogP contribution < -0.4 is 5.73 Å². The first-order chi connectivity index (χ1) is 8.32. The van der Waals surface area contributed by atoms with Crippen molar-refractivity contribution in [3.8, 4) is 0 Å². The SMILES string of the molecule is NCc1cc(C(=O)O)n2nc(C(F)(F)F)nc2n1. The summed E-state index contributed by atoms with van der Waals surface area (Å²) >= 11 is 0. The third-order valence-electron chi connectivity index (χ3n) is 2.05. The molecule has 0 amide bonds. The number of aromatic carboxylic acids is 1. The number of carbonyl (C=O) groups is 1. The molecule has 0 aliphatic heterocycles. The molecule has 0 saturated heterocycles. The molecular weight excluding hydrogens is 255 g/mol. The minimum atomic E-state index is -4.77. The summed E-state index contributed by atoms with van der Waals surface area (Å²) in [5.41, 5.74) is 4.90. The highest BCUT2D eigenvalue weighted by Gasteiger charge is 2.37. The van der Waals surface area contributed by atoms with Crippen molar-refractivity contribution in [3.05, 3.63) is 23.3 Å². The first-order valence-corrected chi connectivity index (χ1v) is 4.60. The second-order valence-corrected chi connectivity index (χ2v) is 3.29. The van der Waals surface area contributed by atoms with E-state index in [1.54, 1.807) is 0 Å². The molecule has 2 aromatic heterocycles. The van der Waals surface area contributed by atoms with E-state index >= 15 is 0 Å². The van der Waals surface area contributed by atoms with Crippen LogP contribution in [-0.4, -0.2) is 30.7 Å². The summed E-state index contributed by atoms with van der Waals surface area (Å²) in [6.45, 7) is -0.120. The van der Waals surface area contributed by atoms with Gasteiger partial charge in [0.15, 0.2) is 5.69 Å². The molecule has 2 rings (SSSR count). The fourth-order valence-corrected chi connectivity index (χ4v) is 1.29. The summed E-state index contributed by atoms with van der Waals surface area (Å²) in [6, 6.07) is 1.05. The molecule has 3 N–H and O–H groups in total. The molecule has 0 atom stereocenters. The van der Waals surface area contributed by atoms with Crippen molar-refractivity contribution >= 4 is 11.7 Å². The van der Waals surface area contributed by atoms with E-state index in [4.69, 9.17) is 10.8 Å². The smallest absolute Gasteiger partial charge is 0.453 e. The molecule has 2 aromatic rings. The highest BCUT2D eigenvalue weighted by Crippen LogP contribution is 2.26. The summed E-state index contributed by atoms with van der Waals surface area (Å²) in [7, 11) is 0. The molecule has 0 unspecified atom stereocenters. The molecule has 0 bridgehead atoms. The molecule has 0 aromatic carbocycles. The van der Waals surface area contributed by atoms with Crippen molar-refractivity contribution in [1.29, 1.82) is 0 Å². The zero-order valence-electron chi connectivity index (χ0n) is 8.64. The number of aromatic nitrogens is 4. The van der Waals surface area contributed by atoms with E-state index < -0.39 is 29.4 Å². The third-order valence-corrected chi connectivity index (χ3v) is 2.05. The van der Waals surface area contributed by atoms with Crippen LogP contribution in [0.15, 0.2) is 6.07 Å². The zero-order chi connectivity index (χ0) is 13.5. The van der Waals surface area contributed by atoms with Crippen LogP contribution in [0.1, 0.15) is 22.0 Å². The Balaban J connectivity index is 2.74. The van der Waals surface area contributed by atoms with E-state index in [1.807, 2.05) is 0 Å². The molecule has 18 heavy (non-hydrogen) atoms. The number of alkyl halides is 3. The summed E-state index contributed by atoms with van der Waals surface area (Å²) in [5.74, 6) is -3.36. The van der Waals surface area contributed by atoms with E-state index in [-0.39, 0.29) is 12.2 Å². The normalized spacial score (nSPS) is 12.0. The van der Waals surface area contributed by atoms with Gasteiger partial charge in [0.2, 0.25) is 0 Å². The second kappa shape index (κ2) is 3.91. The van der Waals surface area contributed by atoms with Gasteiger partial charge in [-0.05, 0) is 6.07 Å². The number of carboxylic acid groups (broad SMARTS) is 1. The van der Waals surface area contributed by atoms with Crippen LogP contribution in [0.5, 0.6) is 0 Å². The van der Waals surface area contributed by atoms with Crippen LogP contribution in [-0.2, 0) is 12.7 Å². The summed E-state index contributed by atoms with van der Waals surface area (Å²) in [6.07, 6.45) is -4.77. The van der Waals surface area contributed by atoms with E-state index in [9.17, 15) is 18.0 Å². The zero-order valence-corrected chi connectivity index (χ0v) is 8.64. The Labute approximate surface area is 97.1 Å². The number of hydrogen-bond donors (Lipinski definition) is 2. The highest BCUT2D eigenvalue weighted by atomic mass is 19.4. The number of nitrogens with zero attached hydrogens (tertiary/aromatic N) is 4. The lowest BCUT2D eigenvalue weighted by atomic mass is 10.3. The van der Waals surface area contributed by atoms with Crippen molar-refractivity contribution < 1.29 is 23.1 Å². The van der Waals surface area contributed by atoms with Gasteiger partial charge in [-0.15, -0.1) is 5.10 Å². The molecule has 0 saturated carbocycles. The largest absolute Gasteiger partial charge is 0.477 e. The van der Waals surface area contributed by atoms with Crippen LogP contribution >= 0.6 is 0 Å². The Morgan fingerprint density at radius 1 is 1.44 bits per heavy atom. The van der Waals surface area contributed by atoms with Crippen molar-refractivity contribution in [2.45, 2.75) is 12.7 Å². The maximum Gasteiger partial charge on any atom is 0.453 e. The molecule has 0 radical (unpaired) electrons. The van der Waals surface area contributed by atoms with Crippen LogP contribution in [0.3, 0.4) is 0 Å². The Kier molecular flexibility index (Phi) is 2.66. The molecule has 0 aliphatic rings. The fraction of sp³-hybridized carbons (Fsp3) is 0.250. The molecule has 96 valence electrons. The third kappa shape index (κ3) is 1.97. The van der Waals surface area contributed by atoms with Gasteiger partial charge in [-0.3, -0.25) is 0 Å². The summed E-state index contributed by atoms with van der Waals surface area (Å²) in [5, 5.41) is 12.0. The van der Waals surface area contributed by atoms with Gasteiger partial charge >= 0.3 is 12.1 Å². The molecule has 7 nitrogen and oxygen atoms in total. The quantitative estimate of drug-likeness (QED) is 0.805. The topological polar surface area (TPSA) is 106 Å². The maximum atomic E-state index is 12.4. The van der Waals surface area contributed by atoms with Gasteiger partial charge < -0.3 is 10.8 Å². The van der Waals surface area contributed by atoms with Gasteiger partial charge in [0.25, 0.3) is 11.6 Å². The first kappa shape index (κ1) is 12.2. The van der Waals surface area contributed by atoms with Gasteiger partial charge in [0.1, 0.15) is 0 Å². The Morgan fingerprint density at radius 2 is 2.11 bits per heavy atom. The minimum Gasteiger partial charge on any atom is -0.477 e. The second-order valence-electron chi connectivity index (χ2n) is 3.29. The molecule has 0 spiro atoms. The van der Waals surface area contributed by atoms with E-state index in [1.165, 1.54) is 0 Å². The van der Waals surface area contributed by atoms with Crippen molar-refractivity contribution in [1.82, 2.24) is 19.6 Å². The summed E-state index contributed by atoms with van der Waals surface area (Å²) < 4.78 is 37.7. The van der Waals surface area contributed by atoms with E-state index in [0.717, 1.165) is 6.07 Å². The average Bonchev–Trinajstić information content (AvgIpc) is 2.70.